The summed E-state index contributed by atoms with van der Waals surface area (Å²) in [5.74, 6) is 0. The highest BCUT2D eigenvalue weighted by Gasteiger charge is 2.24. The zero-order chi connectivity index (χ0) is 31.6. The predicted octanol–water partition coefficient (Wildman–Crippen LogP) is 9.43. The molecule has 1 unspecified atom stereocenters. The third-order valence-electron chi connectivity index (χ3n) is 9.64. The number of rotatable bonds is 4. The molecule has 0 bridgehead atoms. The van der Waals surface area contributed by atoms with E-state index in [1.54, 1.807) is 0 Å². The summed E-state index contributed by atoms with van der Waals surface area (Å²) in [4.78, 5) is 5.24. The van der Waals surface area contributed by atoms with Crippen LogP contribution in [0.1, 0.15) is 17.3 Å². The van der Waals surface area contributed by atoms with Crippen LogP contribution in [0.2, 0.25) is 0 Å². The molecule has 9 aromatic rings. The molecule has 4 heteroatoms. The van der Waals surface area contributed by atoms with Crippen LogP contribution in [0.3, 0.4) is 0 Å². The molecule has 0 fully saturated rings. The van der Waals surface area contributed by atoms with E-state index < -0.39 is 0 Å². The SMILES string of the molecule is c1ccc(C2=c3ccccc3=NC(c3cccc4oc5c(-n6c7ccccc7c7ccc(-c8ccccc8)cc76)cccc5c34)N2)cc1. The second kappa shape index (κ2) is 10.6. The third-order valence-corrected chi connectivity index (χ3v) is 9.64. The number of nitrogens with one attached hydrogen (secondary N) is 1. The summed E-state index contributed by atoms with van der Waals surface area (Å²) >= 11 is 0. The Kier molecular flexibility index (Phi) is 5.90. The van der Waals surface area contributed by atoms with Crippen LogP contribution in [0.5, 0.6) is 0 Å². The second-order valence-electron chi connectivity index (χ2n) is 12.4. The van der Waals surface area contributed by atoms with Crippen molar-refractivity contribution >= 4 is 49.4 Å². The van der Waals surface area contributed by atoms with Crippen LogP contribution < -0.4 is 15.9 Å². The Morgan fingerprint density at radius 3 is 2.12 bits per heavy atom. The maximum absolute atomic E-state index is 6.84. The lowest BCUT2D eigenvalue weighted by Gasteiger charge is -2.23. The fraction of sp³-hybridized carbons (Fsp3) is 0.0227. The lowest BCUT2D eigenvalue weighted by Crippen LogP contribution is -2.39. The number of para-hydroxylation sites is 3. The van der Waals surface area contributed by atoms with Gasteiger partial charge in [0.25, 0.3) is 0 Å². The number of fused-ring (bicyclic) bond motifs is 7. The minimum Gasteiger partial charge on any atom is -0.454 e. The van der Waals surface area contributed by atoms with Gasteiger partial charge in [0.1, 0.15) is 11.7 Å². The van der Waals surface area contributed by atoms with E-state index in [2.05, 4.69) is 174 Å². The number of hydrogen-bond acceptors (Lipinski definition) is 3. The van der Waals surface area contributed by atoms with Crippen LogP contribution >= 0.6 is 0 Å². The fourth-order valence-electron chi connectivity index (χ4n) is 7.48. The van der Waals surface area contributed by atoms with Crippen LogP contribution in [0.25, 0.3) is 66.3 Å². The molecule has 3 heterocycles. The van der Waals surface area contributed by atoms with Gasteiger partial charge >= 0.3 is 0 Å². The average molecular weight is 616 g/mol. The van der Waals surface area contributed by atoms with Gasteiger partial charge in [-0.15, -0.1) is 0 Å². The Labute approximate surface area is 276 Å². The van der Waals surface area contributed by atoms with Gasteiger partial charge in [-0.05, 0) is 47.0 Å². The molecule has 7 aromatic carbocycles. The zero-order valence-electron chi connectivity index (χ0n) is 26.0. The van der Waals surface area contributed by atoms with E-state index in [0.29, 0.717) is 0 Å². The van der Waals surface area contributed by atoms with Crippen molar-refractivity contribution in [2.75, 3.05) is 0 Å². The van der Waals surface area contributed by atoms with E-state index in [-0.39, 0.29) is 6.17 Å². The Bertz CT molecular complexity index is 2810. The van der Waals surface area contributed by atoms with Crippen LogP contribution in [-0.2, 0) is 0 Å². The summed E-state index contributed by atoms with van der Waals surface area (Å²) in [5.41, 5.74) is 10.7. The number of furan rings is 1. The molecule has 1 N–H and O–H groups in total. The quantitative estimate of drug-likeness (QED) is 0.214. The van der Waals surface area contributed by atoms with Gasteiger partial charge < -0.3 is 14.3 Å². The normalized spacial score (nSPS) is 14.3. The molecule has 0 amide bonds. The molecular formula is C44H29N3O. The van der Waals surface area contributed by atoms with Crippen molar-refractivity contribution in [3.8, 4) is 16.8 Å². The Morgan fingerprint density at radius 1 is 0.542 bits per heavy atom. The number of aromatic nitrogens is 1. The second-order valence-corrected chi connectivity index (χ2v) is 12.4. The molecule has 0 saturated heterocycles. The maximum Gasteiger partial charge on any atom is 0.159 e. The average Bonchev–Trinajstić information content (AvgIpc) is 3.71. The van der Waals surface area contributed by atoms with Crippen LogP contribution in [0.4, 0.5) is 0 Å². The maximum atomic E-state index is 6.84. The molecule has 0 spiro atoms. The van der Waals surface area contributed by atoms with E-state index >= 15 is 0 Å². The molecule has 0 saturated carbocycles. The van der Waals surface area contributed by atoms with Crippen LogP contribution in [0.15, 0.2) is 173 Å². The van der Waals surface area contributed by atoms with E-state index in [1.165, 1.54) is 21.9 Å². The Balaban J connectivity index is 1.20. The topological polar surface area (TPSA) is 42.5 Å². The molecule has 226 valence electrons. The molecule has 1 atom stereocenters. The first-order chi connectivity index (χ1) is 23.8. The third kappa shape index (κ3) is 4.06. The fourth-order valence-corrected chi connectivity index (χ4v) is 7.48. The number of nitrogens with zero attached hydrogens (tertiary/aromatic N) is 2. The van der Waals surface area contributed by atoms with Gasteiger partial charge in [-0.25, -0.2) is 0 Å². The number of benzene rings is 7. The van der Waals surface area contributed by atoms with Gasteiger partial charge in [0.05, 0.1) is 27.8 Å². The van der Waals surface area contributed by atoms with Crippen LogP contribution in [-0.4, -0.2) is 4.57 Å². The highest BCUT2D eigenvalue weighted by Crippen LogP contribution is 2.41. The standard InChI is InChI=1S/C44H29N3O/c1-3-13-28(14-4-1)30-25-26-32-31-17-8-10-22-37(31)47(39(32)27-30)38-23-11-19-34-41-35(20-12-24-40(41)48-43(34)38)44-45-36-21-9-7-18-33(36)42(46-44)29-15-5-2-6-16-29/h1-27,44,46H. The van der Waals surface area contributed by atoms with Gasteiger partial charge in [0.15, 0.2) is 5.58 Å². The first-order valence-electron chi connectivity index (χ1n) is 16.3. The van der Waals surface area contributed by atoms with Gasteiger partial charge in [0, 0.05) is 32.3 Å². The van der Waals surface area contributed by atoms with Crippen LogP contribution in [0, 0.1) is 0 Å². The molecular weight excluding hydrogens is 587 g/mol. The first kappa shape index (κ1) is 26.8. The zero-order valence-corrected chi connectivity index (χ0v) is 26.0. The first-order valence-corrected chi connectivity index (χ1v) is 16.3. The largest absolute Gasteiger partial charge is 0.454 e. The van der Waals surface area contributed by atoms with Crippen molar-refractivity contribution in [2.45, 2.75) is 6.17 Å². The van der Waals surface area contributed by atoms with Crippen molar-refractivity contribution in [3.05, 3.63) is 185 Å². The molecule has 2 aromatic heterocycles. The van der Waals surface area contributed by atoms with Crippen molar-refractivity contribution < 1.29 is 4.42 Å². The molecule has 1 aliphatic rings. The summed E-state index contributed by atoms with van der Waals surface area (Å²) in [6, 6.07) is 57.7. The number of hydrogen-bond donors (Lipinski definition) is 1. The summed E-state index contributed by atoms with van der Waals surface area (Å²) < 4.78 is 9.20. The minimum absolute atomic E-state index is 0.287. The molecule has 0 radical (unpaired) electrons. The van der Waals surface area contributed by atoms with E-state index in [1.807, 2.05) is 0 Å². The van der Waals surface area contributed by atoms with Gasteiger partial charge in [-0.1, -0.05) is 133 Å². The summed E-state index contributed by atoms with van der Waals surface area (Å²) in [5, 5.41) is 10.5. The van der Waals surface area contributed by atoms with E-state index in [0.717, 1.165) is 66.1 Å². The molecule has 48 heavy (non-hydrogen) atoms. The highest BCUT2D eigenvalue weighted by atomic mass is 16.3. The lowest BCUT2D eigenvalue weighted by molar-refractivity contribution is 0.636. The molecule has 4 nitrogen and oxygen atoms in total. The van der Waals surface area contributed by atoms with Crippen molar-refractivity contribution in [3.63, 3.8) is 0 Å². The lowest BCUT2D eigenvalue weighted by atomic mass is 10.0. The monoisotopic (exact) mass is 615 g/mol. The molecule has 1 aliphatic heterocycles. The van der Waals surface area contributed by atoms with E-state index in [4.69, 9.17) is 9.41 Å². The van der Waals surface area contributed by atoms with Gasteiger partial charge in [-0.2, -0.15) is 0 Å². The van der Waals surface area contributed by atoms with Crippen molar-refractivity contribution in [1.29, 1.82) is 0 Å². The van der Waals surface area contributed by atoms with Crippen molar-refractivity contribution in [1.82, 2.24) is 9.88 Å². The van der Waals surface area contributed by atoms with Crippen molar-refractivity contribution in [2.24, 2.45) is 4.99 Å². The summed E-state index contributed by atoms with van der Waals surface area (Å²) in [6.07, 6.45) is -0.287. The smallest absolute Gasteiger partial charge is 0.159 e. The van der Waals surface area contributed by atoms with Gasteiger partial charge in [-0.3, -0.25) is 4.99 Å². The Hall–Kier alpha value is -6.39. The van der Waals surface area contributed by atoms with E-state index in [9.17, 15) is 0 Å². The molecule has 0 aliphatic carbocycles. The highest BCUT2D eigenvalue weighted by molar-refractivity contribution is 6.14. The predicted molar refractivity (Wildman–Crippen MR) is 196 cm³/mol. The molecule has 10 rings (SSSR count). The van der Waals surface area contributed by atoms with Gasteiger partial charge in [0.2, 0.25) is 0 Å². The Morgan fingerprint density at radius 2 is 1.25 bits per heavy atom. The summed E-state index contributed by atoms with van der Waals surface area (Å²) in [6.45, 7) is 0. The minimum atomic E-state index is -0.287. The summed E-state index contributed by atoms with van der Waals surface area (Å²) in [7, 11) is 0.